The highest BCUT2D eigenvalue weighted by atomic mass is 16.5. The highest BCUT2D eigenvalue weighted by Crippen LogP contribution is 2.29. The van der Waals surface area contributed by atoms with Crippen molar-refractivity contribution in [2.75, 3.05) is 7.11 Å². The molecule has 2 aromatic carbocycles. The highest BCUT2D eigenvalue weighted by Gasteiger charge is 2.09. The van der Waals surface area contributed by atoms with E-state index < -0.39 is 5.97 Å². The molecule has 114 valence electrons. The van der Waals surface area contributed by atoms with E-state index in [-0.39, 0.29) is 0 Å². The summed E-state index contributed by atoms with van der Waals surface area (Å²) in [7, 11) is 1.65. The Morgan fingerprint density at radius 3 is 2.27 bits per heavy atom. The number of rotatable bonds is 5. The molecule has 0 N–H and O–H groups in total. The molecule has 0 aliphatic carbocycles. The van der Waals surface area contributed by atoms with Crippen LogP contribution in [0.3, 0.4) is 0 Å². The number of hydrogen-bond donors (Lipinski definition) is 0. The minimum Gasteiger partial charge on any atom is -0.497 e. The van der Waals surface area contributed by atoms with E-state index in [0.717, 1.165) is 28.9 Å². The zero-order valence-electron chi connectivity index (χ0n) is 13.2. The van der Waals surface area contributed by atoms with Crippen LogP contribution < -0.4 is 9.47 Å². The van der Waals surface area contributed by atoms with Crippen LogP contribution in [0.2, 0.25) is 0 Å². The van der Waals surface area contributed by atoms with Crippen LogP contribution in [0, 0.1) is 0 Å². The standard InChI is InChI=1S/C19H20O3/c1-5-14-12-17(22-19(20)13(2)3)10-11-18(14)15-6-8-16(21-4)9-7-15/h6-12H,2,5H2,1,3-4H3. The van der Waals surface area contributed by atoms with E-state index in [9.17, 15) is 4.79 Å². The van der Waals surface area contributed by atoms with Gasteiger partial charge in [0.2, 0.25) is 0 Å². The normalized spacial score (nSPS) is 10.1. The van der Waals surface area contributed by atoms with E-state index in [2.05, 4.69) is 13.5 Å². The van der Waals surface area contributed by atoms with Crippen molar-refractivity contribution in [2.45, 2.75) is 20.3 Å². The molecular formula is C19H20O3. The van der Waals surface area contributed by atoms with Gasteiger partial charge >= 0.3 is 5.97 Å². The van der Waals surface area contributed by atoms with Crippen LogP contribution in [0.5, 0.6) is 11.5 Å². The summed E-state index contributed by atoms with van der Waals surface area (Å²) in [6, 6.07) is 13.6. The number of carbonyl (C=O) groups excluding carboxylic acids is 1. The maximum Gasteiger partial charge on any atom is 0.338 e. The number of ether oxygens (including phenoxy) is 2. The Morgan fingerprint density at radius 1 is 1.09 bits per heavy atom. The second-order valence-corrected chi connectivity index (χ2v) is 5.07. The lowest BCUT2D eigenvalue weighted by Crippen LogP contribution is -2.08. The number of aryl methyl sites for hydroxylation is 1. The van der Waals surface area contributed by atoms with Crippen molar-refractivity contribution >= 4 is 5.97 Å². The van der Waals surface area contributed by atoms with E-state index in [0.29, 0.717) is 11.3 Å². The molecule has 0 spiro atoms. The first-order chi connectivity index (χ1) is 10.5. The molecular weight excluding hydrogens is 276 g/mol. The molecule has 3 nitrogen and oxygen atoms in total. The van der Waals surface area contributed by atoms with Gasteiger partial charge in [0.1, 0.15) is 11.5 Å². The largest absolute Gasteiger partial charge is 0.497 e. The summed E-state index contributed by atoms with van der Waals surface area (Å²) in [5.41, 5.74) is 3.74. The lowest BCUT2D eigenvalue weighted by Gasteiger charge is -2.11. The lowest BCUT2D eigenvalue weighted by atomic mass is 9.98. The fourth-order valence-electron chi connectivity index (χ4n) is 2.17. The average Bonchev–Trinajstić information content (AvgIpc) is 2.54. The molecule has 0 fully saturated rings. The van der Waals surface area contributed by atoms with Crippen molar-refractivity contribution in [3.05, 3.63) is 60.2 Å². The Labute approximate surface area is 131 Å². The number of benzene rings is 2. The molecule has 0 aromatic heterocycles. The number of methoxy groups -OCH3 is 1. The van der Waals surface area contributed by atoms with Crippen LogP contribution in [-0.4, -0.2) is 13.1 Å². The number of hydrogen-bond acceptors (Lipinski definition) is 3. The summed E-state index contributed by atoms with van der Waals surface area (Å²) >= 11 is 0. The maximum absolute atomic E-state index is 11.6. The van der Waals surface area contributed by atoms with Crippen molar-refractivity contribution in [3.63, 3.8) is 0 Å². The van der Waals surface area contributed by atoms with Crippen LogP contribution in [-0.2, 0) is 11.2 Å². The maximum atomic E-state index is 11.6. The van der Waals surface area contributed by atoms with Crippen molar-refractivity contribution in [1.82, 2.24) is 0 Å². The van der Waals surface area contributed by atoms with Gasteiger partial charge in [-0.2, -0.15) is 0 Å². The third kappa shape index (κ3) is 3.55. The molecule has 0 aliphatic rings. The summed E-state index contributed by atoms with van der Waals surface area (Å²) in [6.45, 7) is 7.30. The summed E-state index contributed by atoms with van der Waals surface area (Å²) in [5.74, 6) is 0.968. The van der Waals surface area contributed by atoms with Gasteiger partial charge in [-0.3, -0.25) is 0 Å². The Kier molecular flexibility index (Phi) is 4.99. The number of esters is 1. The van der Waals surface area contributed by atoms with E-state index in [4.69, 9.17) is 9.47 Å². The fraction of sp³-hybridized carbons (Fsp3) is 0.211. The van der Waals surface area contributed by atoms with Gasteiger partial charge in [-0.25, -0.2) is 4.79 Å². The van der Waals surface area contributed by atoms with Gasteiger partial charge in [0.05, 0.1) is 7.11 Å². The zero-order chi connectivity index (χ0) is 16.1. The van der Waals surface area contributed by atoms with Crippen LogP contribution in [0.25, 0.3) is 11.1 Å². The first-order valence-corrected chi connectivity index (χ1v) is 7.20. The lowest BCUT2D eigenvalue weighted by molar-refractivity contribution is -0.130. The minimum absolute atomic E-state index is 0.386. The van der Waals surface area contributed by atoms with Crippen molar-refractivity contribution in [2.24, 2.45) is 0 Å². The van der Waals surface area contributed by atoms with Crippen molar-refractivity contribution < 1.29 is 14.3 Å². The molecule has 2 rings (SSSR count). The molecule has 0 radical (unpaired) electrons. The van der Waals surface area contributed by atoms with Gasteiger partial charge in [0, 0.05) is 5.57 Å². The summed E-state index contributed by atoms with van der Waals surface area (Å²) in [6.07, 6.45) is 0.847. The van der Waals surface area contributed by atoms with Crippen LogP contribution in [0.1, 0.15) is 19.4 Å². The van der Waals surface area contributed by atoms with Gasteiger partial charge < -0.3 is 9.47 Å². The summed E-state index contributed by atoms with van der Waals surface area (Å²) < 4.78 is 10.5. The predicted molar refractivity (Wildman–Crippen MR) is 88.3 cm³/mol. The van der Waals surface area contributed by atoms with E-state index >= 15 is 0 Å². The fourth-order valence-corrected chi connectivity index (χ4v) is 2.17. The second-order valence-electron chi connectivity index (χ2n) is 5.07. The van der Waals surface area contributed by atoms with Crippen LogP contribution in [0.15, 0.2) is 54.6 Å². The Balaban J connectivity index is 2.32. The van der Waals surface area contributed by atoms with E-state index in [1.807, 2.05) is 36.4 Å². The molecule has 2 aromatic rings. The molecule has 3 heteroatoms. The average molecular weight is 296 g/mol. The molecule has 22 heavy (non-hydrogen) atoms. The van der Waals surface area contributed by atoms with Gasteiger partial charge in [-0.1, -0.05) is 31.7 Å². The Morgan fingerprint density at radius 2 is 1.73 bits per heavy atom. The molecule has 0 saturated carbocycles. The zero-order valence-corrected chi connectivity index (χ0v) is 13.2. The second kappa shape index (κ2) is 6.94. The highest BCUT2D eigenvalue weighted by molar-refractivity contribution is 5.88. The van der Waals surface area contributed by atoms with Crippen molar-refractivity contribution in [3.8, 4) is 22.6 Å². The van der Waals surface area contributed by atoms with Gasteiger partial charge in [-0.15, -0.1) is 0 Å². The first kappa shape index (κ1) is 15.8. The molecule has 0 unspecified atom stereocenters. The van der Waals surface area contributed by atoms with Crippen molar-refractivity contribution in [1.29, 1.82) is 0 Å². The number of carbonyl (C=O) groups is 1. The topological polar surface area (TPSA) is 35.5 Å². The SMILES string of the molecule is C=C(C)C(=O)Oc1ccc(-c2ccc(OC)cc2)c(CC)c1. The quantitative estimate of drug-likeness (QED) is 0.466. The summed E-state index contributed by atoms with van der Waals surface area (Å²) in [5, 5.41) is 0. The van der Waals surface area contributed by atoms with Gasteiger partial charge in [0.25, 0.3) is 0 Å². The minimum atomic E-state index is -0.403. The third-order valence-corrected chi connectivity index (χ3v) is 3.42. The smallest absolute Gasteiger partial charge is 0.338 e. The molecule has 0 aliphatic heterocycles. The monoisotopic (exact) mass is 296 g/mol. The van der Waals surface area contributed by atoms with E-state index in [1.54, 1.807) is 20.1 Å². The Bertz CT molecular complexity index is 684. The van der Waals surface area contributed by atoms with Crippen LogP contribution >= 0.6 is 0 Å². The molecule has 0 atom stereocenters. The van der Waals surface area contributed by atoms with Crippen LogP contribution in [0.4, 0.5) is 0 Å². The third-order valence-electron chi connectivity index (χ3n) is 3.42. The molecule has 0 amide bonds. The molecule has 0 saturated heterocycles. The Hall–Kier alpha value is -2.55. The predicted octanol–water partition coefficient (Wildman–Crippen LogP) is 4.41. The first-order valence-electron chi connectivity index (χ1n) is 7.20. The molecule has 0 bridgehead atoms. The molecule has 0 heterocycles. The van der Waals surface area contributed by atoms with E-state index in [1.165, 1.54) is 0 Å². The van der Waals surface area contributed by atoms with Gasteiger partial charge in [-0.05, 0) is 54.3 Å². The summed E-state index contributed by atoms with van der Waals surface area (Å²) in [4.78, 5) is 11.6. The van der Waals surface area contributed by atoms with Gasteiger partial charge in [0.15, 0.2) is 0 Å².